The van der Waals surface area contributed by atoms with Crippen molar-refractivity contribution in [2.45, 2.75) is 65.7 Å². The summed E-state index contributed by atoms with van der Waals surface area (Å²) in [6.45, 7) is 10.1. The highest BCUT2D eigenvalue weighted by Gasteiger charge is 2.35. The van der Waals surface area contributed by atoms with Crippen LogP contribution >= 0.6 is 0 Å². The predicted molar refractivity (Wildman–Crippen MR) is 141 cm³/mol. The van der Waals surface area contributed by atoms with Crippen LogP contribution in [-0.4, -0.2) is 52.8 Å². The molecule has 0 bridgehead atoms. The van der Waals surface area contributed by atoms with Gasteiger partial charge in [0.2, 0.25) is 0 Å². The lowest BCUT2D eigenvalue weighted by molar-refractivity contribution is 0.0177. The summed E-state index contributed by atoms with van der Waals surface area (Å²) in [4.78, 5) is 41.9. The highest BCUT2D eigenvalue weighted by Crippen LogP contribution is 2.19. The minimum atomic E-state index is -0.861. The number of amides is 4. The van der Waals surface area contributed by atoms with E-state index in [0.717, 1.165) is 21.1 Å². The Labute approximate surface area is 213 Å². The van der Waals surface area contributed by atoms with Crippen LogP contribution in [0.1, 0.15) is 52.7 Å². The highest BCUT2D eigenvalue weighted by atomic mass is 16.6. The van der Waals surface area contributed by atoms with Crippen LogP contribution in [0, 0.1) is 0 Å². The second-order valence-corrected chi connectivity index (χ2v) is 10.4. The molecule has 0 spiro atoms. The van der Waals surface area contributed by atoms with Crippen LogP contribution < -0.4 is 11.1 Å². The summed E-state index contributed by atoms with van der Waals surface area (Å²) < 4.78 is 11.0. The van der Waals surface area contributed by atoms with E-state index in [1.54, 1.807) is 72.9 Å². The van der Waals surface area contributed by atoms with Gasteiger partial charge in [0.25, 0.3) is 0 Å². The van der Waals surface area contributed by atoms with Gasteiger partial charge in [0.1, 0.15) is 11.2 Å². The molecule has 0 heterocycles. The van der Waals surface area contributed by atoms with E-state index in [9.17, 15) is 14.4 Å². The van der Waals surface area contributed by atoms with Gasteiger partial charge in [-0.05, 0) is 83.4 Å². The SMILES string of the molecule is CNc1cccc(CN(C(=O)OC(C)(C)C)C(=O)N(CCc2cccc(N)c2)C(=O)OC(C)(C)C)c1. The van der Waals surface area contributed by atoms with Crippen molar-refractivity contribution in [3.8, 4) is 0 Å². The van der Waals surface area contributed by atoms with E-state index in [0.29, 0.717) is 17.7 Å². The Hall–Kier alpha value is -3.75. The summed E-state index contributed by atoms with van der Waals surface area (Å²) >= 11 is 0. The predicted octanol–water partition coefficient (Wildman–Crippen LogP) is 5.65. The molecule has 0 aromatic heterocycles. The molecule has 36 heavy (non-hydrogen) atoms. The van der Waals surface area contributed by atoms with Crippen LogP contribution in [0.15, 0.2) is 48.5 Å². The van der Waals surface area contributed by atoms with Crippen LogP contribution in [0.2, 0.25) is 0 Å². The maximum atomic E-state index is 13.8. The lowest BCUT2D eigenvalue weighted by Crippen LogP contribution is -2.51. The molecule has 0 unspecified atom stereocenters. The van der Waals surface area contributed by atoms with Crippen molar-refractivity contribution in [2.24, 2.45) is 0 Å². The fourth-order valence-corrected chi connectivity index (χ4v) is 3.25. The fourth-order valence-electron chi connectivity index (χ4n) is 3.25. The third kappa shape index (κ3) is 9.13. The summed E-state index contributed by atoms with van der Waals surface area (Å²) in [5.74, 6) is 0. The number of carbonyl (C=O) groups excluding carboxylic acids is 3. The number of benzene rings is 2. The number of rotatable bonds is 6. The van der Waals surface area contributed by atoms with Gasteiger partial charge < -0.3 is 20.5 Å². The summed E-state index contributed by atoms with van der Waals surface area (Å²) in [5.41, 5.74) is 7.09. The number of hydrogen-bond donors (Lipinski definition) is 2. The lowest BCUT2D eigenvalue weighted by atomic mass is 10.1. The second kappa shape index (κ2) is 11.8. The Bertz CT molecular complexity index is 1070. The van der Waals surface area contributed by atoms with E-state index >= 15 is 0 Å². The Morgan fingerprint density at radius 2 is 1.39 bits per heavy atom. The van der Waals surface area contributed by atoms with Crippen LogP contribution in [0.3, 0.4) is 0 Å². The molecule has 4 amide bonds. The lowest BCUT2D eigenvalue weighted by Gasteiger charge is -2.31. The zero-order chi connectivity index (χ0) is 27.1. The maximum Gasteiger partial charge on any atom is 0.418 e. The van der Waals surface area contributed by atoms with Gasteiger partial charge in [-0.3, -0.25) is 0 Å². The molecule has 0 aliphatic heterocycles. The van der Waals surface area contributed by atoms with Gasteiger partial charge in [-0.2, -0.15) is 0 Å². The van der Waals surface area contributed by atoms with E-state index in [4.69, 9.17) is 15.2 Å². The first-order valence-electron chi connectivity index (χ1n) is 11.8. The van der Waals surface area contributed by atoms with Gasteiger partial charge in [-0.1, -0.05) is 24.3 Å². The van der Waals surface area contributed by atoms with Gasteiger partial charge in [0.05, 0.1) is 6.54 Å². The van der Waals surface area contributed by atoms with Crippen molar-refractivity contribution < 1.29 is 23.9 Å². The van der Waals surface area contributed by atoms with Crippen LogP contribution in [0.4, 0.5) is 25.8 Å². The van der Waals surface area contributed by atoms with E-state index in [2.05, 4.69) is 5.32 Å². The molecule has 0 radical (unpaired) electrons. The van der Waals surface area contributed by atoms with Crippen molar-refractivity contribution in [3.63, 3.8) is 0 Å². The third-order valence-electron chi connectivity index (χ3n) is 4.82. The molecule has 9 heteroatoms. The summed E-state index contributed by atoms with van der Waals surface area (Å²) in [5, 5.41) is 3.03. The number of ether oxygens (including phenoxy) is 2. The third-order valence-corrected chi connectivity index (χ3v) is 4.82. The van der Waals surface area contributed by atoms with Gasteiger partial charge in [-0.25, -0.2) is 24.2 Å². The molecule has 0 saturated heterocycles. The molecule has 0 fully saturated rings. The number of nitrogen functional groups attached to an aromatic ring is 1. The zero-order valence-electron chi connectivity index (χ0n) is 22.3. The number of nitrogens with zero attached hydrogens (tertiary/aromatic N) is 2. The maximum absolute atomic E-state index is 13.8. The molecule has 2 rings (SSSR count). The number of hydrogen-bond acceptors (Lipinski definition) is 7. The number of carbonyl (C=O) groups is 3. The van der Waals surface area contributed by atoms with E-state index in [1.807, 2.05) is 24.3 Å². The first-order chi connectivity index (χ1) is 16.7. The Morgan fingerprint density at radius 1 is 0.833 bits per heavy atom. The van der Waals surface area contributed by atoms with E-state index < -0.39 is 29.4 Å². The average Bonchev–Trinajstić information content (AvgIpc) is 2.75. The topological polar surface area (TPSA) is 114 Å². The van der Waals surface area contributed by atoms with Crippen LogP contribution in [0.5, 0.6) is 0 Å². The largest absolute Gasteiger partial charge is 0.443 e. The molecule has 196 valence electrons. The molecule has 0 aliphatic carbocycles. The molecule has 0 atom stereocenters. The van der Waals surface area contributed by atoms with E-state index in [-0.39, 0.29) is 13.1 Å². The highest BCUT2D eigenvalue weighted by molar-refractivity contribution is 5.98. The standard InChI is InChI=1S/C27H38N4O5/c1-26(2,3)35-24(33)30(15-14-19-10-8-12-21(28)16-19)23(32)31(25(34)36-27(4,5)6)18-20-11-9-13-22(17-20)29-7/h8-13,16-17,29H,14-15,18,28H2,1-7H3. The molecular formula is C27H38N4O5. The summed E-state index contributed by atoms with van der Waals surface area (Å²) in [6.07, 6.45) is -1.39. The molecule has 2 aromatic carbocycles. The number of urea groups is 1. The summed E-state index contributed by atoms with van der Waals surface area (Å²) in [6, 6.07) is 13.6. The minimum absolute atomic E-state index is 0.0208. The first-order valence-corrected chi connectivity index (χ1v) is 11.8. The Balaban J connectivity index is 2.41. The monoisotopic (exact) mass is 498 g/mol. The Kier molecular flexibility index (Phi) is 9.33. The van der Waals surface area contributed by atoms with Crippen LogP contribution in [0.25, 0.3) is 0 Å². The van der Waals surface area contributed by atoms with Crippen molar-refractivity contribution in [2.75, 3.05) is 24.6 Å². The van der Waals surface area contributed by atoms with Gasteiger partial charge in [0, 0.05) is 25.0 Å². The van der Waals surface area contributed by atoms with Crippen LogP contribution in [-0.2, 0) is 22.4 Å². The van der Waals surface area contributed by atoms with Gasteiger partial charge in [-0.15, -0.1) is 0 Å². The number of anilines is 2. The molecule has 9 nitrogen and oxygen atoms in total. The minimum Gasteiger partial charge on any atom is -0.443 e. The molecule has 2 aromatic rings. The normalized spacial score (nSPS) is 11.4. The van der Waals surface area contributed by atoms with Crippen molar-refractivity contribution in [1.82, 2.24) is 9.80 Å². The molecule has 0 saturated carbocycles. The fraction of sp³-hybridized carbons (Fsp3) is 0.444. The molecule has 3 N–H and O–H groups in total. The summed E-state index contributed by atoms with van der Waals surface area (Å²) in [7, 11) is 1.77. The Morgan fingerprint density at radius 3 is 1.94 bits per heavy atom. The smallest absolute Gasteiger partial charge is 0.418 e. The van der Waals surface area contributed by atoms with Gasteiger partial charge >= 0.3 is 18.2 Å². The molecule has 0 aliphatic rings. The molecular weight excluding hydrogens is 460 g/mol. The number of nitrogens with one attached hydrogen (secondary N) is 1. The average molecular weight is 499 g/mol. The van der Waals surface area contributed by atoms with Crippen molar-refractivity contribution in [3.05, 3.63) is 59.7 Å². The first kappa shape index (κ1) is 28.5. The van der Waals surface area contributed by atoms with E-state index in [1.165, 1.54) is 0 Å². The van der Waals surface area contributed by atoms with Crippen molar-refractivity contribution in [1.29, 1.82) is 0 Å². The quantitative estimate of drug-likeness (QED) is 0.495. The number of nitrogens with two attached hydrogens (primary N) is 1. The van der Waals surface area contributed by atoms with Crippen molar-refractivity contribution >= 4 is 29.6 Å². The zero-order valence-corrected chi connectivity index (χ0v) is 22.3. The number of imide groups is 2. The van der Waals surface area contributed by atoms with Gasteiger partial charge in [0.15, 0.2) is 0 Å². The second-order valence-electron chi connectivity index (χ2n) is 10.4.